The summed E-state index contributed by atoms with van der Waals surface area (Å²) in [6, 6.07) is 4.92. The van der Waals surface area contributed by atoms with Crippen molar-refractivity contribution in [2.75, 3.05) is 7.11 Å². The molecular weight excluding hydrogens is 267 g/mol. The second-order valence-corrected chi connectivity index (χ2v) is 6.27. The third-order valence-electron chi connectivity index (χ3n) is 4.78. The van der Waals surface area contributed by atoms with Crippen molar-refractivity contribution in [2.45, 2.75) is 44.4 Å². The van der Waals surface area contributed by atoms with Crippen molar-refractivity contribution < 1.29 is 13.9 Å². The summed E-state index contributed by atoms with van der Waals surface area (Å²) >= 11 is 0. The van der Waals surface area contributed by atoms with Crippen molar-refractivity contribution in [1.82, 2.24) is 0 Å². The number of allylic oxidation sites excluding steroid dienone is 1. The summed E-state index contributed by atoms with van der Waals surface area (Å²) in [6.07, 6.45) is 7.59. The molecule has 2 aliphatic rings. The average Bonchev–Trinajstić information content (AvgIpc) is 3.27. The second-order valence-electron chi connectivity index (χ2n) is 6.27. The first kappa shape index (κ1) is 14.3. The Morgan fingerprint density at radius 3 is 2.62 bits per heavy atom. The van der Waals surface area contributed by atoms with Crippen molar-refractivity contribution in [3.63, 3.8) is 0 Å². The van der Waals surface area contributed by atoms with Crippen LogP contribution in [0.3, 0.4) is 0 Å². The van der Waals surface area contributed by atoms with Gasteiger partial charge in [0.15, 0.2) is 0 Å². The number of halogens is 1. The lowest BCUT2D eigenvalue weighted by molar-refractivity contribution is -0.135. The van der Waals surface area contributed by atoms with Crippen molar-refractivity contribution in [1.29, 1.82) is 0 Å². The maximum absolute atomic E-state index is 13.8. The molecule has 0 aromatic heterocycles. The largest absolute Gasteiger partial charge is 0.466 e. The van der Waals surface area contributed by atoms with Crippen molar-refractivity contribution in [2.24, 2.45) is 0 Å². The van der Waals surface area contributed by atoms with Gasteiger partial charge in [0, 0.05) is 0 Å². The predicted molar refractivity (Wildman–Crippen MR) is 79.3 cm³/mol. The topological polar surface area (TPSA) is 26.3 Å². The molecular formula is C18H20FO2. The minimum atomic E-state index is -0.311. The zero-order valence-corrected chi connectivity index (χ0v) is 12.5. The Bertz CT molecular complexity index is 597. The van der Waals surface area contributed by atoms with Gasteiger partial charge >= 0.3 is 5.97 Å². The lowest BCUT2D eigenvalue weighted by Crippen LogP contribution is -2.27. The van der Waals surface area contributed by atoms with Gasteiger partial charge < -0.3 is 4.74 Å². The Hall–Kier alpha value is -1.64. The van der Waals surface area contributed by atoms with Crippen LogP contribution in [0, 0.1) is 11.7 Å². The summed E-state index contributed by atoms with van der Waals surface area (Å²) in [5.41, 5.74) is 2.64. The molecule has 1 aromatic rings. The molecule has 0 spiro atoms. The number of esters is 1. The molecule has 0 aliphatic heterocycles. The molecule has 0 bridgehead atoms. The van der Waals surface area contributed by atoms with Crippen LogP contribution in [-0.4, -0.2) is 13.1 Å². The normalized spacial score (nSPS) is 20.8. The predicted octanol–water partition coefficient (Wildman–Crippen LogP) is 4.08. The fourth-order valence-corrected chi connectivity index (χ4v) is 3.46. The minimum Gasteiger partial charge on any atom is -0.466 e. The van der Waals surface area contributed by atoms with E-state index in [0.717, 1.165) is 29.9 Å². The van der Waals surface area contributed by atoms with E-state index in [9.17, 15) is 9.18 Å². The van der Waals surface area contributed by atoms with Crippen LogP contribution in [0.1, 0.15) is 50.2 Å². The highest BCUT2D eigenvalue weighted by molar-refractivity contribution is 6.02. The number of carbonyl (C=O) groups is 1. The van der Waals surface area contributed by atoms with E-state index in [1.54, 1.807) is 12.1 Å². The summed E-state index contributed by atoms with van der Waals surface area (Å²) in [5, 5.41) is 0. The minimum absolute atomic E-state index is 0.000340. The van der Waals surface area contributed by atoms with Gasteiger partial charge in [0.2, 0.25) is 0 Å². The van der Waals surface area contributed by atoms with Gasteiger partial charge in [-0.1, -0.05) is 38.3 Å². The molecule has 0 unspecified atom stereocenters. The van der Waals surface area contributed by atoms with E-state index in [2.05, 4.69) is 6.92 Å². The van der Waals surface area contributed by atoms with Crippen LogP contribution in [0.4, 0.5) is 4.39 Å². The molecule has 1 radical (unpaired) electrons. The molecule has 1 aromatic carbocycles. The Kier molecular flexibility index (Phi) is 3.60. The molecule has 2 aliphatic carbocycles. The molecule has 3 rings (SSSR count). The van der Waals surface area contributed by atoms with Crippen molar-refractivity contribution in [3.8, 4) is 0 Å². The fraction of sp³-hybridized carbons (Fsp3) is 0.444. The number of benzene rings is 1. The van der Waals surface area contributed by atoms with Gasteiger partial charge in [-0.15, -0.1) is 0 Å². The molecule has 0 atom stereocenters. The van der Waals surface area contributed by atoms with E-state index < -0.39 is 0 Å². The van der Waals surface area contributed by atoms with E-state index in [1.807, 2.05) is 6.08 Å². The SMILES string of the molecule is COC(=O)C1=C[C]1c1ccc(F)cc1C1(C)CCCCC1. The maximum Gasteiger partial charge on any atom is 0.334 e. The van der Waals surface area contributed by atoms with E-state index in [1.165, 1.54) is 32.4 Å². The average molecular weight is 287 g/mol. The molecule has 0 saturated heterocycles. The first-order chi connectivity index (χ1) is 10.0. The van der Waals surface area contributed by atoms with Gasteiger partial charge in [0.05, 0.1) is 18.6 Å². The molecule has 0 heterocycles. The van der Waals surface area contributed by atoms with Crippen molar-refractivity contribution >= 4 is 5.97 Å². The van der Waals surface area contributed by atoms with Crippen LogP contribution in [-0.2, 0) is 14.9 Å². The van der Waals surface area contributed by atoms with Gasteiger partial charge in [-0.2, -0.15) is 0 Å². The lowest BCUT2D eigenvalue weighted by Gasteiger charge is -2.36. The Balaban J connectivity index is 1.93. The quantitative estimate of drug-likeness (QED) is 0.783. The number of methoxy groups -OCH3 is 1. The van der Waals surface area contributed by atoms with E-state index in [0.29, 0.717) is 5.57 Å². The third kappa shape index (κ3) is 2.61. The standard InChI is InChI=1S/C18H20FO2/c1-18(8-4-3-5-9-18)16-10-12(19)6-7-13(16)14-11-15(14)17(20)21-2/h6-7,10-11H,3-5,8-9H2,1-2H3. The highest BCUT2D eigenvalue weighted by Crippen LogP contribution is 2.47. The van der Waals surface area contributed by atoms with Crippen LogP contribution >= 0.6 is 0 Å². The Labute approximate surface area is 125 Å². The van der Waals surface area contributed by atoms with Gasteiger partial charge in [-0.3, -0.25) is 0 Å². The number of ether oxygens (including phenoxy) is 1. The number of carbonyl (C=O) groups excluding carboxylic acids is 1. The third-order valence-corrected chi connectivity index (χ3v) is 4.78. The van der Waals surface area contributed by atoms with Gasteiger partial charge in [0.25, 0.3) is 0 Å². The first-order valence-electron chi connectivity index (χ1n) is 7.53. The zero-order valence-electron chi connectivity index (χ0n) is 12.5. The summed E-state index contributed by atoms with van der Waals surface area (Å²) < 4.78 is 18.5. The Morgan fingerprint density at radius 2 is 1.95 bits per heavy atom. The van der Waals surface area contributed by atoms with Gasteiger partial charge in [-0.05, 0) is 41.5 Å². The van der Waals surface area contributed by atoms with E-state index >= 15 is 0 Å². The number of rotatable bonds is 3. The van der Waals surface area contributed by atoms with Gasteiger partial charge in [-0.25, -0.2) is 9.18 Å². The molecule has 1 saturated carbocycles. The first-order valence-corrected chi connectivity index (χ1v) is 7.53. The zero-order chi connectivity index (χ0) is 15.0. The second kappa shape index (κ2) is 5.28. The maximum atomic E-state index is 13.8. The molecule has 0 amide bonds. The van der Waals surface area contributed by atoms with Crippen LogP contribution in [0.5, 0.6) is 0 Å². The van der Waals surface area contributed by atoms with Crippen LogP contribution < -0.4 is 0 Å². The van der Waals surface area contributed by atoms with Crippen molar-refractivity contribution in [3.05, 3.63) is 52.7 Å². The molecule has 0 N–H and O–H groups in total. The monoisotopic (exact) mass is 287 g/mol. The van der Waals surface area contributed by atoms with Gasteiger partial charge in [0.1, 0.15) is 5.82 Å². The molecule has 3 heteroatoms. The molecule has 1 fully saturated rings. The Morgan fingerprint density at radius 1 is 1.24 bits per heavy atom. The number of hydrogen-bond donors (Lipinski definition) is 0. The van der Waals surface area contributed by atoms with E-state index in [-0.39, 0.29) is 17.2 Å². The van der Waals surface area contributed by atoms with Crippen LogP contribution in [0.25, 0.3) is 0 Å². The number of hydrogen-bond acceptors (Lipinski definition) is 2. The lowest BCUT2D eigenvalue weighted by atomic mass is 9.69. The molecule has 21 heavy (non-hydrogen) atoms. The van der Waals surface area contributed by atoms with Crippen LogP contribution in [0.15, 0.2) is 29.8 Å². The summed E-state index contributed by atoms with van der Waals surface area (Å²) in [6.45, 7) is 2.21. The fourth-order valence-electron chi connectivity index (χ4n) is 3.46. The highest BCUT2D eigenvalue weighted by atomic mass is 19.1. The summed E-state index contributed by atoms with van der Waals surface area (Å²) in [7, 11) is 1.38. The smallest absolute Gasteiger partial charge is 0.334 e. The molecule has 2 nitrogen and oxygen atoms in total. The highest BCUT2D eigenvalue weighted by Gasteiger charge is 2.39. The summed E-state index contributed by atoms with van der Waals surface area (Å²) in [5.74, 6) is 0.388. The molecule has 111 valence electrons. The summed E-state index contributed by atoms with van der Waals surface area (Å²) in [4.78, 5) is 11.6. The van der Waals surface area contributed by atoms with E-state index in [4.69, 9.17) is 4.74 Å². The van der Waals surface area contributed by atoms with Crippen LogP contribution in [0.2, 0.25) is 0 Å².